The molecule has 0 spiro atoms. The Kier molecular flexibility index (Phi) is 5.02. The predicted molar refractivity (Wildman–Crippen MR) is 62.3 cm³/mol. The number of hydrogen-bond acceptors (Lipinski definition) is 3. The number of hydrogen-bond donors (Lipinski definition) is 1. The van der Waals surface area contributed by atoms with Crippen molar-refractivity contribution in [3.05, 3.63) is 0 Å². The summed E-state index contributed by atoms with van der Waals surface area (Å²) in [6, 6.07) is 0.182. The molecule has 1 atom stereocenters. The highest BCUT2D eigenvalue weighted by Crippen LogP contribution is 2.15. The minimum atomic E-state index is -3.02. The van der Waals surface area contributed by atoms with Crippen molar-refractivity contribution in [2.75, 3.05) is 25.4 Å². The molecule has 0 aromatic carbocycles. The van der Waals surface area contributed by atoms with Gasteiger partial charge in [-0.05, 0) is 25.8 Å². The van der Waals surface area contributed by atoms with E-state index < -0.39 is 10.0 Å². The minimum Gasteiger partial charge on any atom is -0.315 e. The van der Waals surface area contributed by atoms with Crippen molar-refractivity contribution >= 4 is 10.0 Å². The second kappa shape index (κ2) is 5.82. The molecule has 0 amide bonds. The molecule has 0 radical (unpaired) electrons. The first-order valence-corrected chi connectivity index (χ1v) is 7.43. The first kappa shape index (κ1) is 12.9. The van der Waals surface area contributed by atoms with E-state index in [0.717, 1.165) is 25.9 Å². The molecule has 5 heteroatoms. The van der Waals surface area contributed by atoms with E-state index >= 15 is 0 Å². The molecule has 0 aliphatic carbocycles. The van der Waals surface area contributed by atoms with Crippen LogP contribution >= 0.6 is 0 Å². The molecule has 15 heavy (non-hydrogen) atoms. The fourth-order valence-electron chi connectivity index (χ4n) is 2.03. The van der Waals surface area contributed by atoms with Crippen molar-refractivity contribution < 1.29 is 8.42 Å². The van der Waals surface area contributed by atoms with Gasteiger partial charge in [0.2, 0.25) is 10.0 Å². The summed E-state index contributed by atoms with van der Waals surface area (Å²) < 4.78 is 25.7. The molecule has 1 heterocycles. The lowest BCUT2D eigenvalue weighted by atomic mass is 10.2. The van der Waals surface area contributed by atoms with Gasteiger partial charge in [0.25, 0.3) is 0 Å². The Labute approximate surface area is 93.1 Å². The molecule has 0 aromatic rings. The van der Waals surface area contributed by atoms with Crippen molar-refractivity contribution in [3.63, 3.8) is 0 Å². The van der Waals surface area contributed by atoms with E-state index in [-0.39, 0.29) is 11.8 Å². The van der Waals surface area contributed by atoms with Gasteiger partial charge in [0.1, 0.15) is 0 Å². The van der Waals surface area contributed by atoms with Gasteiger partial charge in [-0.15, -0.1) is 0 Å². The maximum Gasteiger partial charge on any atom is 0.214 e. The Morgan fingerprint density at radius 3 is 2.53 bits per heavy atom. The SMILES string of the molecule is CCCN(C1CCNC1)S(=O)(=O)CCC. The number of rotatable bonds is 6. The molecule has 0 aromatic heterocycles. The maximum absolute atomic E-state index is 12.0. The van der Waals surface area contributed by atoms with Crippen LogP contribution in [0.5, 0.6) is 0 Å². The van der Waals surface area contributed by atoms with E-state index in [1.807, 2.05) is 13.8 Å². The quantitative estimate of drug-likeness (QED) is 0.739. The van der Waals surface area contributed by atoms with Crippen molar-refractivity contribution in [2.24, 2.45) is 0 Å². The molecule has 1 saturated heterocycles. The number of nitrogens with zero attached hydrogens (tertiary/aromatic N) is 1. The third-order valence-electron chi connectivity index (χ3n) is 2.70. The van der Waals surface area contributed by atoms with Gasteiger partial charge in [0.15, 0.2) is 0 Å². The fraction of sp³-hybridized carbons (Fsp3) is 1.00. The lowest BCUT2D eigenvalue weighted by Crippen LogP contribution is -2.43. The summed E-state index contributed by atoms with van der Waals surface area (Å²) in [6.45, 7) is 6.34. The highest BCUT2D eigenvalue weighted by Gasteiger charge is 2.30. The van der Waals surface area contributed by atoms with Crippen LogP contribution in [-0.2, 0) is 10.0 Å². The summed E-state index contributed by atoms with van der Waals surface area (Å²) in [5.74, 6) is 0.281. The second-order valence-electron chi connectivity index (χ2n) is 4.07. The Hall–Kier alpha value is -0.130. The molecule has 1 rings (SSSR count). The van der Waals surface area contributed by atoms with Gasteiger partial charge in [-0.2, -0.15) is 4.31 Å². The van der Waals surface area contributed by atoms with Crippen LogP contribution in [0.25, 0.3) is 0 Å². The molecule has 1 aliphatic rings. The predicted octanol–water partition coefficient (Wildman–Crippen LogP) is 0.800. The zero-order valence-electron chi connectivity index (χ0n) is 9.70. The molecule has 1 aliphatic heterocycles. The third-order valence-corrected chi connectivity index (χ3v) is 4.82. The molecule has 4 nitrogen and oxygen atoms in total. The van der Waals surface area contributed by atoms with Crippen LogP contribution in [0.2, 0.25) is 0 Å². The van der Waals surface area contributed by atoms with Crippen LogP contribution in [-0.4, -0.2) is 44.2 Å². The molecule has 0 saturated carbocycles. The van der Waals surface area contributed by atoms with Crippen molar-refractivity contribution in [2.45, 2.75) is 39.2 Å². The molecular weight excluding hydrogens is 212 g/mol. The summed E-state index contributed by atoms with van der Waals surface area (Å²) in [5.41, 5.74) is 0. The summed E-state index contributed by atoms with van der Waals surface area (Å²) >= 11 is 0. The summed E-state index contributed by atoms with van der Waals surface area (Å²) in [5, 5.41) is 3.22. The molecular formula is C10H22N2O2S. The van der Waals surface area contributed by atoms with Crippen LogP contribution in [0, 0.1) is 0 Å². The monoisotopic (exact) mass is 234 g/mol. The van der Waals surface area contributed by atoms with E-state index in [4.69, 9.17) is 0 Å². The van der Waals surface area contributed by atoms with E-state index in [1.165, 1.54) is 0 Å². The van der Waals surface area contributed by atoms with Crippen molar-refractivity contribution in [3.8, 4) is 0 Å². The zero-order chi connectivity index (χ0) is 11.3. The Balaban J connectivity index is 2.71. The lowest BCUT2D eigenvalue weighted by molar-refractivity contribution is 0.335. The summed E-state index contributed by atoms with van der Waals surface area (Å²) in [6.07, 6.45) is 2.53. The average molecular weight is 234 g/mol. The highest BCUT2D eigenvalue weighted by molar-refractivity contribution is 7.89. The zero-order valence-corrected chi connectivity index (χ0v) is 10.5. The average Bonchev–Trinajstić information content (AvgIpc) is 2.66. The summed E-state index contributed by atoms with van der Waals surface area (Å²) in [4.78, 5) is 0. The van der Waals surface area contributed by atoms with E-state index in [1.54, 1.807) is 4.31 Å². The van der Waals surface area contributed by atoms with Crippen LogP contribution in [0.15, 0.2) is 0 Å². The van der Waals surface area contributed by atoms with Crippen LogP contribution in [0.1, 0.15) is 33.1 Å². The Morgan fingerprint density at radius 1 is 1.33 bits per heavy atom. The van der Waals surface area contributed by atoms with Crippen molar-refractivity contribution in [1.82, 2.24) is 9.62 Å². The third kappa shape index (κ3) is 3.43. The van der Waals surface area contributed by atoms with Gasteiger partial charge < -0.3 is 5.32 Å². The highest BCUT2D eigenvalue weighted by atomic mass is 32.2. The topological polar surface area (TPSA) is 49.4 Å². The van der Waals surface area contributed by atoms with Gasteiger partial charge in [-0.25, -0.2) is 8.42 Å². The molecule has 1 fully saturated rings. The van der Waals surface area contributed by atoms with E-state index in [2.05, 4.69) is 5.32 Å². The Morgan fingerprint density at radius 2 is 2.07 bits per heavy atom. The van der Waals surface area contributed by atoms with Gasteiger partial charge in [0.05, 0.1) is 5.75 Å². The standard InChI is InChI=1S/C10H22N2O2S/c1-3-7-12(10-5-6-11-9-10)15(13,14)8-4-2/h10-11H,3-9H2,1-2H3. The van der Waals surface area contributed by atoms with Gasteiger partial charge >= 0.3 is 0 Å². The van der Waals surface area contributed by atoms with Crippen molar-refractivity contribution in [1.29, 1.82) is 0 Å². The molecule has 90 valence electrons. The first-order valence-electron chi connectivity index (χ1n) is 5.82. The van der Waals surface area contributed by atoms with Gasteiger partial charge in [-0.3, -0.25) is 0 Å². The summed E-state index contributed by atoms with van der Waals surface area (Å²) in [7, 11) is -3.02. The maximum atomic E-state index is 12.0. The Bertz CT molecular complexity index is 271. The first-order chi connectivity index (χ1) is 7.11. The molecule has 0 bridgehead atoms. The van der Waals surface area contributed by atoms with Crippen LogP contribution in [0.4, 0.5) is 0 Å². The smallest absolute Gasteiger partial charge is 0.214 e. The molecule has 1 unspecified atom stereocenters. The normalized spacial score (nSPS) is 22.5. The molecule has 1 N–H and O–H groups in total. The van der Waals surface area contributed by atoms with Crippen LogP contribution in [0.3, 0.4) is 0 Å². The fourth-order valence-corrected chi connectivity index (χ4v) is 3.87. The number of nitrogens with one attached hydrogen (secondary N) is 1. The van der Waals surface area contributed by atoms with E-state index in [9.17, 15) is 8.42 Å². The van der Waals surface area contributed by atoms with Crippen LogP contribution < -0.4 is 5.32 Å². The lowest BCUT2D eigenvalue weighted by Gasteiger charge is -2.27. The number of sulfonamides is 1. The van der Waals surface area contributed by atoms with Gasteiger partial charge in [0, 0.05) is 19.1 Å². The second-order valence-corrected chi connectivity index (χ2v) is 6.11. The largest absolute Gasteiger partial charge is 0.315 e. The van der Waals surface area contributed by atoms with Gasteiger partial charge in [-0.1, -0.05) is 13.8 Å². The minimum absolute atomic E-state index is 0.182. The van der Waals surface area contributed by atoms with E-state index in [0.29, 0.717) is 13.0 Å².